The number of benzene rings is 1. The number of aliphatic hydroxyl groups is 4. The highest BCUT2D eigenvalue weighted by Gasteiger charge is 2.43. The number of hydrogen-bond donors (Lipinski definition) is 4. The number of carbonyl (C=O) groups excluding carboxylic acids is 1. The molecule has 4 N–H and O–H groups in total. The van der Waals surface area contributed by atoms with Gasteiger partial charge in [-0.15, -0.1) is 0 Å². The minimum atomic E-state index is -1.45. The second-order valence-corrected chi connectivity index (χ2v) is 5.56. The largest absolute Gasteiger partial charge is 0.427 e. The second-order valence-electron chi connectivity index (χ2n) is 5.56. The molecule has 0 unspecified atom stereocenters. The van der Waals surface area contributed by atoms with Gasteiger partial charge in [0.25, 0.3) is 0 Å². The number of ether oxygens (including phenoxy) is 3. The van der Waals surface area contributed by atoms with Crippen LogP contribution in [0, 0.1) is 0 Å². The van der Waals surface area contributed by atoms with Crippen LogP contribution in [0.15, 0.2) is 24.3 Å². The molecular weight excluding hydrogens is 320 g/mol. The molecule has 1 fully saturated rings. The summed E-state index contributed by atoms with van der Waals surface area (Å²) in [7, 11) is 0. The Hall–Kier alpha value is -1.55. The molecule has 0 spiro atoms. The summed E-state index contributed by atoms with van der Waals surface area (Å²) in [5.41, 5.74) is 0.912. The lowest BCUT2D eigenvalue weighted by Gasteiger charge is -2.39. The minimum absolute atomic E-state index is 0.190. The molecule has 0 aliphatic carbocycles. The Bertz CT molecular complexity index is 529. The minimum Gasteiger partial charge on any atom is -0.427 e. The summed E-state index contributed by atoms with van der Waals surface area (Å²) < 4.78 is 15.6. The fourth-order valence-electron chi connectivity index (χ4n) is 2.39. The number of rotatable bonds is 6. The molecule has 5 atom stereocenters. The first-order valence-corrected chi connectivity index (χ1v) is 7.62. The fourth-order valence-corrected chi connectivity index (χ4v) is 2.39. The third-order valence-electron chi connectivity index (χ3n) is 3.71. The van der Waals surface area contributed by atoms with Crippen molar-refractivity contribution in [3.8, 4) is 5.75 Å². The van der Waals surface area contributed by atoms with Gasteiger partial charge in [-0.3, -0.25) is 4.79 Å². The highest BCUT2D eigenvalue weighted by Crippen LogP contribution is 2.22. The van der Waals surface area contributed by atoms with Crippen LogP contribution in [0.3, 0.4) is 0 Å². The zero-order valence-electron chi connectivity index (χ0n) is 13.2. The summed E-state index contributed by atoms with van der Waals surface area (Å²) in [6.45, 7) is 1.01. The van der Waals surface area contributed by atoms with E-state index in [2.05, 4.69) is 0 Å². The lowest BCUT2D eigenvalue weighted by atomic mass is 9.99. The van der Waals surface area contributed by atoms with Crippen molar-refractivity contribution in [2.45, 2.75) is 44.1 Å². The standard InChI is InChI=1S/C16H22O8/c1-9(18)23-11-4-2-10(3-5-11)6-7-22-16-15(21)14(20)13(19)12(8-17)24-16/h2-5,12-17,19-21H,6-8H2,1H3/t12-,13-,14+,15-,16-/m1/s1. The van der Waals surface area contributed by atoms with Gasteiger partial charge in [-0.2, -0.15) is 0 Å². The third kappa shape index (κ3) is 4.73. The maximum atomic E-state index is 10.8. The summed E-state index contributed by atoms with van der Waals surface area (Å²) in [6, 6.07) is 6.86. The summed E-state index contributed by atoms with van der Waals surface area (Å²) in [5, 5.41) is 38.3. The normalized spacial score (nSPS) is 30.1. The van der Waals surface area contributed by atoms with E-state index in [1.807, 2.05) is 0 Å². The van der Waals surface area contributed by atoms with Crippen molar-refractivity contribution in [1.82, 2.24) is 0 Å². The molecule has 1 aromatic rings. The quantitative estimate of drug-likeness (QED) is 0.382. The monoisotopic (exact) mass is 342 g/mol. The van der Waals surface area contributed by atoms with E-state index in [4.69, 9.17) is 19.3 Å². The van der Waals surface area contributed by atoms with Crippen LogP contribution in [0.4, 0.5) is 0 Å². The Morgan fingerprint density at radius 2 is 1.79 bits per heavy atom. The average molecular weight is 342 g/mol. The van der Waals surface area contributed by atoms with Crippen LogP contribution >= 0.6 is 0 Å². The number of aliphatic hydroxyl groups excluding tert-OH is 4. The van der Waals surface area contributed by atoms with Gasteiger partial charge in [-0.05, 0) is 24.1 Å². The zero-order valence-corrected chi connectivity index (χ0v) is 13.2. The van der Waals surface area contributed by atoms with E-state index < -0.39 is 43.3 Å². The molecule has 1 aromatic carbocycles. The molecule has 0 bridgehead atoms. The van der Waals surface area contributed by atoms with E-state index in [0.717, 1.165) is 5.56 Å². The summed E-state index contributed by atoms with van der Waals surface area (Å²) in [4.78, 5) is 10.8. The van der Waals surface area contributed by atoms with E-state index in [1.54, 1.807) is 24.3 Å². The topological polar surface area (TPSA) is 126 Å². The van der Waals surface area contributed by atoms with Crippen LogP contribution < -0.4 is 4.74 Å². The Kier molecular flexibility index (Phi) is 6.67. The third-order valence-corrected chi connectivity index (χ3v) is 3.71. The van der Waals surface area contributed by atoms with E-state index in [0.29, 0.717) is 12.2 Å². The first kappa shape index (κ1) is 18.8. The molecule has 24 heavy (non-hydrogen) atoms. The highest BCUT2D eigenvalue weighted by molar-refractivity contribution is 5.69. The predicted molar refractivity (Wildman–Crippen MR) is 81.2 cm³/mol. The van der Waals surface area contributed by atoms with E-state index in [9.17, 15) is 20.1 Å². The highest BCUT2D eigenvalue weighted by atomic mass is 16.7. The van der Waals surface area contributed by atoms with Gasteiger partial charge in [0.15, 0.2) is 6.29 Å². The van der Waals surface area contributed by atoms with Crippen molar-refractivity contribution >= 4 is 5.97 Å². The van der Waals surface area contributed by atoms with Gasteiger partial charge in [-0.25, -0.2) is 0 Å². The first-order valence-electron chi connectivity index (χ1n) is 7.62. The SMILES string of the molecule is CC(=O)Oc1ccc(CCO[C@@H]2O[C@H](CO)[C@@H](O)[C@H](O)[C@H]2O)cc1. The lowest BCUT2D eigenvalue weighted by molar-refractivity contribution is -0.300. The molecular formula is C16H22O8. The molecule has 134 valence electrons. The van der Waals surface area contributed by atoms with Crippen molar-refractivity contribution in [3.05, 3.63) is 29.8 Å². The molecule has 0 saturated carbocycles. The first-order chi connectivity index (χ1) is 11.4. The molecule has 8 heteroatoms. The van der Waals surface area contributed by atoms with Gasteiger partial charge >= 0.3 is 5.97 Å². The molecule has 1 heterocycles. The maximum absolute atomic E-state index is 10.8. The number of carbonyl (C=O) groups is 1. The fraction of sp³-hybridized carbons (Fsp3) is 0.562. The molecule has 0 aromatic heterocycles. The van der Waals surface area contributed by atoms with Crippen LogP contribution in [0.25, 0.3) is 0 Å². The molecule has 0 amide bonds. The van der Waals surface area contributed by atoms with Crippen LogP contribution in [0.1, 0.15) is 12.5 Å². The van der Waals surface area contributed by atoms with Crippen molar-refractivity contribution in [1.29, 1.82) is 0 Å². The van der Waals surface area contributed by atoms with Gasteiger partial charge < -0.3 is 34.6 Å². The Morgan fingerprint density at radius 3 is 2.38 bits per heavy atom. The molecule has 0 radical (unpaired) electrons. The maximum Gasteiger partial charge on any atom is 0.308 e. The van der Waals surface area contributed by atoms with Crippen molar-refractivity contribution in [2.75, 3.05) is 13.2 Å². The van der Waals surface area contributed by atoms with Crippen LogP contribution in [-0.2, 0) is 20.7 Å². The molecule has 1 aliphatic rings. The van der Waals surface area contributed by atoms with Crippen molar-refractivity contribution in [2.24, 2.45) is 0 Å². The number of hydrogen-bond acceptors (Lipinski definition) is 8. The second kappa shape index (κ2) is 8.52. The predicted octanol–water partition coefficient (Wildman–Crippen LogP) is -1.03. The summed E-state index contributed by atoms with van der Waals surface area (Å²) in [5.74, 6) is 0.0507. The Morgan fingerprint density at radius 1 is 1.12 bits per heavy atom. The summed E-state index contributed by atoms with van der Waals surface area (Å²) in [6.07, 6.45) is -5.90. The van der Waals surface area contributed by atoms with E-state index in [1.165, 1.54) is 6.92 Å². The zero-order chi connectivity index (χ0) is 17.7. The average Bonchev–Trinajstić information content (AvgIpc) is 2.56. The van der Waals surface area contributed by atoms with Crippen LogP contribution in [0.5, 0.6) is 5.75 Å². The van der Waals surface area contributed by atoms with Gasteiger partial charge in [0.1, 0.15) is 30.2 Å². The Labute approximate surface area is 139 Å². The lowest BCUT2D eigenvalue weighted by Crippen LogP contribution is -2.59. The van der Waals surface area contributed by atoms with Gasteiger partial charge in [0.05, 0.1) is 13.2 Å². The van der Waals surface area contributed by atoms with Crippen LogP contribution in [0.2, 0.25) is 0 Å². The molecule has 8 nitrogen and oxygen atoms in total. The van der Waals surface area contributed by atoms with E-state index in [-0.39, 0.29) is 6.61 Å². The Balaban J connectivity index is 1.83. The van der Waals surface area contributed by atoms with Gasteiger partial charge in [0, 0.05) is 6.92 Å². The number of esters is 1. The molecule has 1 saturated heterocycles. The van der Waals surface area contributed by atoms with Crippen LogP contribution in [-0.4, -0.2) is 70.3 Å². The van der Waals surface area contributed by atoms with Gasteiger partial charge in [0.2, 0.25) is 0 Å². The summed E-state index contributed by atoms with van der Waals surface area (Å²) >= 11 is 0. The smallest absolute Gasteiger partial charge is 0.308 e. The van der Waals surface area contributed by atoms with Crippen molar-refractivity contribution < 1.29 is 39.4 Å². The van der Waals surface area contributed by atoms with E-state index >= 15 is 0 Å². The molecule has 1 aliphatic heterocycles. The van der Waals surface area contributed by atoms with Crippen molar-refractivity contribution in [3.63, 3.8) is 0 Å². The van der Waals surface area contributed by atoms with Gasteiger partial charge in [-0.1, -0.05) is 12.1 Å². The molecule has 2 rings (SSSR count).